The van der Waals surface area contributed by atoms with Gasteiger partial charge in [-0.3, -0.25) is 4.79 Å². The summed E-state index contributed by atoms with van der Waals surface area (Å²) in [5.41, 5.74) is 2.28. The first-order chi connectivity index (χ1) is 12.6. The van der Waals surface area contributed by atoms with Gasteiger partial charge in [-0.1, -0.05) is 30.3 Å². The van der Waals surface area contributed by atoms with Gasteiger partial charge in [0.1, 0.15) is 23.7 Å². The normalized spacial score (nSPS) is 19.2. The second-order valence-corrected chi connectivity index (χ2v) is 6.76. The van der Waals surface area contributed by atoms with Gasteiger partial charge in [-0.25, -0.2) is 0 Å². The second kappa shape index (κ2) is 6.84. The summed E-state index contributed by atoms with van der Waals surface area (Å²) in [7, 11) is 0. The Kier molecular flexibility index (Phi) is 4.39. The Bertz CT molecular complexity index is 926. The van der Waals surface area contributed by atoms with Crippen LogP contribution in [0.3, 0.4) is 0 Å². The minimum atomic E-state index is -0.305. The van der Waals surface area contributed by atoms with Crippen molar-refractivity contribution < 1.29 is 19.1 Å². The highest BCUT2D eigenvalue weighted by atomic mass is 16.5. The number of rotatable bonds is 5. The first-order valence-corrected chi connectivity index (χ1v) is 8.79. The van der Waals surface area contributed by atoms with E-state index in [-0.39, 0.29) is 18.1 Å². The fourth-order valence-corrected chi connectivity index (χ4v) is 3.28. The molecule has 1 aliphatic carbocycles. The van der Waals surface area contributed by atoms with E-state index in [1.807, 2.05) is 48.5 Å². The number of ether oxygens (including phenoxy) is 1. The topological polar surface area (TPSA) is 71.7 Å². The number of furan rings is 1. The lowest BCUT2D eigenvalue weighted by Gasteiger charge is -2.31. The van der Waals surface area contributed by atoms with Crippen molar-refractivity contribution in [3.8, 4) is 5.75 Å². The molecule has 0 spiro atoms. The van der Waals surface area contributed by atoms with Gasteiger partial charge in [0.05, 0.1) is 11.7 Å². The predicted molar refractivity (Wildman–Crippen MR) is 98.2 cm³/mol. The van der Waals surface area contributed by atoms with Crippen LogP contribution in [0.4, 0.5) is 0 Å². The van der Waals surface area contributed by atoms with Gasteiger partial charge in [-0.05, 0) is 43.5 Å². The van der Waals surface area contributed by atoms with Gasteiger partial charge in [0, 0.05) is 11.4 Å². The zero-order valence-corrected chi connectivity index (χ0v) is 14.6. The number of aryl methyl sites for hydroxylation is 1. The average Bonchev–Trinajstić information content (AvgIpc) is 2.94. The number of benzene rings is 2. The molecule has 0 radical (unpaired) electrons. The van der Waals surface area contributed by atoms with E-state index < -0.39 is 0 Å². The molecule has 1 aromatic heterocycles. The van der Waals surface area contributed by atoms with Gasteiger partial charge in [0.2, 0.25) is 0 Å². The Balaban J connectivity index is 1.55. The summed E-state index contributed by atoms with van der Waals surface area (Å²) in [5.74, 6) is 1.10. The number of hydrogen-bond donors (Lipinski definition) is 2. The molecule has 1 aliphatic rings. The number of aliphatic hydroxyl groups excluding tert-OH is 1. The second-order valence-electron chi connectivity index (χ2n) is 6.76. The average molecular weight is 351 g/mol. The maximum absolute atomic E-state index is 12.6. The molecule has 0 aliphatic heterocycles. The summed E-state index contributed by atoms with van der Waals surface area (Å²) in [6.45, 7) is 2.25. The molecule has 5 heteroatoms. The standard InChI is InChI=1S/C21H21NO4/c1-13-20(21(24)22-15-9-16(23)10-15)18-11-17(7-8-19(18)26-13)25-12-14-5-3-2-4-6-14/h2-8,11,15-16,23H,9-10,12H2,1H3,(H,22,24)/t15-,16+. The van der Waals surface area contributed by atoms with Crippen LogP contribution < -0.4 is 10.1 Å². The highest BCUT2D eigenvalue weighted by molar-refractivity contribution is 6.07. The number of hydrogen-bond acceptors (Lipinski definition) is 4. The maximum atomic E-state index is 12.6. The summed E-state index contributed by atoms with van der Waals surface area (Å²) in [6, 6.07) is 15.5. The van der Waals surface area contributed by atoms with Crippen LogP contribution in [-0.2, 0) is 6.61 Å². The van der Waals surface area contributed by atoms with E-state index in [1.165, 1.54) is 0 Å². The van der Waals surface area contributed by atoms with Crippen molar-refractivity contribution >= 4 is 16.9 Å². The minimum Gasteiger partial charge on any atom is -0.489 e. The van der Waals surface area contributed by atoms with Gasteiger partial charge in [-0.2, -0.15) is 0 Å². The number of fused-ring (bicyclic) bond motifs is 1. The summed E-state index contributed by atoms with van der Waals surface area (Å²) in [4.78, 5) is 12.6. The number of nitrogens with one attached hydrogen (secondary N) is 1. The van der Waals surface area contributed by atoms with Gasteiger partial charge in [-0.15, -0.1) is 0 Å². The SMILES string of the molecule is Cc1oc2ccc(OCc3ccccc3)cc2c1C(=O)N[C@H]1C[C@@H](O)C1. The lowest BCUT2D eigenvalue weighted by molar-refractivity contribution is 0.0563. The smallest absolute Gasteiger partial charge is 0.255 e. The Hall–Kier alpha value is -2.79. The molecular weight excluding hydrogens is 330 g/mol. The molecule has 0 bridgehead atoms. The molecule has 1 heterocycles. The molecule has 2 N–H and O–H groups in total. The maximum Gasteiger partial charge on any atom is 0.255 e. The van der Waals surface area contributed by atoms with Crippen LogP contribution in [0, 0.1) is 6.92 Å². The molecule has 134 valence electrons. The fourth-order valence-electron chi connectivity index (χ4n) is 3.28. The van der Waals surface area contributed by atoms with E-state index in [2.05, 4.69) is 5.32 Å². The van der Waals surface area contributed by atoms with Crippen LogP contribution in [0.15, 0.2) is 52.9 Å². The fraction of sp³-hybridized carbons (Fsp3) is 0.286. The molecule has 3 aromatic rings. The largest absolute Gasteiger partial charge is 0.489 e. The first kappa shape index (κ1) is 16.7. The molecule has 0 saturated heterocycles. The van der Waals surface area contributed by atoms with Gasteiger partial charge < -0.3 is 19.6 Å². The molecule has 0 atom stereocenters. The van der Waals surface area contributed by atoms with E-state index in [0.29, 0.717) is 42.1 Å². The van der Waals surface area contributed by atoms with E-state index in [0.717, 1.165) is 10.9 Å². The van der Waals surface area contributed by atoms with Gasteiger partial charge in [0.15, 0.2) is 0 Å². The van der Waals surface area contributed by atoms with Crippen molar-refractivity contribution in [2.75, 3.05) is 0 Å². The van der Waals surface area contributed by atoms with Crippen molar-refractivity contribution in [1.82, 2.24) is 5.32 Å². The molecular formula is C21H21NO4. The van der Waals surface area contributed by atoms with Crippen LogP contribution >= 0.6 is 0 Å². The Morgan fingerprint density at radius 2 is 2.00 bits per heavy atom. The number of carbonyl (C=O) groups excluding carboxylic acids is 1. The lowest BCUT2D eigenvalue weighted by atomic mass is 9.89. The summed E-state index contributed by atoms with van der Waals surface area (Å²) < 4.78 is 11.6. The third-order valence-corrected chi connectivity index (χ3v) is 4.76. The molecule has 26 heavy (non-hydrogen) atoms. The number of carbonyl (C=O) groups is 1. The Labute approximate surface area is 151 Å². The van der Waals surface area contributed by atoms with Gasteiger partial charge >= 0.3 is 0 Å². The van der Waals surface area contributed by atoms with E-state index >= 15 is 0 Å². The summed E-state index contributed by atoms with van der Waals surface area (Å²) in [5, 5.41) is 13.1. The summed E-state index contributed by atoms with van der Waals surface area (Å²) >= 11 is 0. The number of aliphatic hydroxyl groups is 1. The van der Waals surface area contributed by atoms with E-state index in [1.54, 1.807) is 6.92 Å². The van der Waals surface area contributed by atoms with Crippen LogP contribution in [0.2, 0.25) is 0 Å². The molecule has 1 saturated carbocycles. The van der Waals surface area contributed by atoms with Crippen molar-refractivity contribution in [3.05, 3.63) is 65.4 Å². The summed E-state index contributed by atoms with van der Waals surface area (Å²) in [6.07, 6.45) is 0.901. The molecule has 4 rings (SSSR count). The first-order valence-electron chi connectivity index (χ1n) is 8.79. The van der Waals surface area contributed by atoms with Crippen LogP contribution in [-0.4, -0.2) is 23.2 Å². The molecule has 1 fully saturated rings. The zero-order chi connectivity index (χ0) is 18.1. The van der Waals surface area contributed by atoms with Crippen molar-refractivity contribution in [1.29, 1.82) is 0 Å². The number of amides is 1. The highest BCUT2D eigenvalue weighted by Crippen LogP contribution is 2.30. The highest BCUT2D eigenvalue weighted by Gasteiger charge is 2.30. The minimum absolute atomic E-state index is 0.0272. The van der Waals surface area contributed by atoms with Crippen LogP contribution in [0.5, 0.6) is 5.75 Å². The molecule has 5 nitrogen and oxygen atoms in total. The van der Waals surface area contributed by atoms with E-state index in [9.17, 15) is 9.90 Å². The van der Waals surface area contributed by atoms with Crippen LogP contribution in [0.25, 0.3) is 11.0 Å². The monoisotopic (exact) mass is 351 g/mol. The predicted octanol–water partition coefficient (Wildman–Crippen LogP) is 3.57. The third-order valence-electron chi connectivity index (χ3n) is 4.76. The molecule has 0 unspecified atom stereocenters. The van der Waals surface area contributed by atoms with Crippen molar-refractivity contribution in [2.45, 2.75) is 38.5 Å². The van der Waals surface area contributed by atoms with Crippen LogP contribution in [0.1, 0.15) is 34.5 Å². The zero-order valence-electron chi connectivity index (χ0n) is 14.6. The van der Waals surface area contributed by atoms with Crippen molar-refractivity contribution in [2.24, 2.45) is 0 Å². The molecule has 2 aromatic carbocycles. The molecule has 1 amide bonds. The lowest BCUT2D eigenvalue weighted by Crippen LogP contribution is -2.46. The van der Waals surface area contributed by atoms with Crippen molar-refractivity contribution in [3.63, 3.8) is 0 Å². The third kappa shape index (κ3) is 3.30. The quantitative estimate of drug-likeness (QED) is 0.737. The van der Waals surface area contributed by atoms with Gasteiger partial charge in [0.25, 0.3) is 5.91 Å². The Morgan fingerprint density at radius 1 is 1.23 bits per heavy atom. The Morgan fingerprint density at radius 3 is 2.73 bits per heavy atom. The van der Waals surface area contributed by atoms with E-state index in [4.69, 9.17) is 9.15 Å².